The van der Waals surface area contributed by atoms with Gasteiger partial charge >= 0.3 is 0 Å². The summed E-state index contributed by atoms with van der Waals surface area (Å²) >= 11 is 6.20. The molecule has 1 amide bonds. The van der Waals surface area contributed by atoms with E-state index in [0.717, 1.165) is 17.5 Å². The van der Waals surface area contributed by atoms with Crippen molar-refractivity contribution in [2.24, 2.45) is 5.92 Å². The molecule has 0 aromatic heterocycles. The summed E-state index contributed by atoms with van der Waals surface area (Å²) < 4.78 is 28.6. The third-order valence-electron chi connectivity index (χ3n) is 7.04. The van der Waals surface area contributed by atoms with Crippen molar-refractivity contribution >= 4 is 27.5 Å². The quantitative estimate of drug-likeness (QED) is 0.630. The van der Waals surface area contributed by atoms with E-state index in [1.165, 1.54) is 0 Å². The number of sulfonamides is 1. The Morgan fingerprint density at radius 3 is 2.35 bits per heavy atom. The van der Waals surface area contributed by atoms with Gasteiger partial charge in [0.1, 0.15) is 0 Å². The molecule has 0 bridgehead atoms. The average Bonchev–Trinajstić information content (AvgIpc) is 3.02. The minimum absolute atomic E-state index is 0.109. The van der Waals surface area contributed by atoms with E-state index < -0.39 is 15.7 Å². The van der Waals surface area contributed by atoms with Crippen LogP contribution in [0.4, 0.5) is 0 Å². The molecule has 34 heavy (non-hydrogen) atoms. The molecule has 1 atom stereocenters. The van der Waals surface area contributed by atoms with E-state index in [2.05, 4.69) is 19.2 Å². The average molecular weight is 504 g/mol. The normalized spacial score (nSPS) is 21.1. The van der Waals surface area contributed by atoms with Crippen molar-refractivity contribution in [1.82, 2.24) is 14.5 Å². The first-order valence-corrected chi connectivity index (χ1v) is 13.8. The van der Waals surface area contributed by atoms with E-state index in [0.29, 0.717) is 53.9 Å². The first-order valence-electron chi connectivity index (χ1n) is 11.9. The molecule has 8 heteroatoms. The maximum atomic E-state index is 13.5. The Bertz CT molecular complexity index is 1160. The molecule has 1 spiro atoms. The third-order valence-corrected chi connectivity index (χ3v) is 9.49. The van der Waals surface area contributed by atoms with E-state index in [1.807, 2.05) is 42.2 Å². The number of halogens is 1. The largest absolute Gasteiger partial charge is 0.319 e. The van der Waals surface area contributed by atoms with Gasteiger partial charge in [-0.05, 0) is 67.9 Å². The molecule has 1 unspecified atom stereocenters. The lowest BCUT2D eigenvalue weighted by Gasteiger charge is -2.44. The zero-order valence-corrected chi connectivity index (χ0v) is 21.9. The van der Waals surface area contributed by atoms with Crippen molar-refractivity contribution in [2.75, 3.05) is 13.1 Å². The highest BCUT2D eigenvalue weighted by molar-refractivity contribution is 7.89. The van der Waals surface area contributed by atoms with Gasteiger partial charge in [0, 0.05) is 24.7 Å². The number of nitrogens with zero attached hydrogens (tertiary/aromatic N) is 2. The summed E-state index contributed by atoms with van der Waals surface area (Å²) in [6, 6.07) is 13.1. The van der Waals surface area contributed by atoms with Crippen LogP contribution < -0.4 is 5.32 Å². The Kier molecular flexibility index (Phi) is 7.11. The lowest BCUT2D eigenvalue weighted by atomic mass is 9.96. The van der Waals surface area contributed by atoms with Crippen LogP contribution in [-0.2, 0) is 21.4 Å². The second-order valence-corrected chi connectivity index (χ2v) is 12.4. The highest BCUT2D eigenvalue weighted by atomic mass is 35.5. The number of carbonyl (C=O) groups excluding carboxylic acids is 1. The van der Waals surface area contributed by atoms with Crippen LogP contribution in [0, 0.1) is 19.8 Å². The predicted molar refractivity (Wildman–Crippen MR) is 135 cm³/mol. The fourth-order valence-electron chi connectivity index (χ4n) is 5.17. The molecule has 2 heterocycles. The number of rotatable bonds is 6. The highest BCUT2D eigenvalue weighted by Gasteiger charge is 2.52. The first kappa shape index (κ1) is 25.2. The summed E-state index contributed by atoms with van der Waals surface area (Å²) in [7, 11) is -3.66. The van der Waals surface area contributed by atoms with Crippen LogP contribution in [0.2, 0.25) is 5.02 Å². The molecule has 6 nitrogen and oxygen atoms in total. The van der Waals surface area contributed by atoms with Crippen LogP contribution in [0.15, 0.2) is 47.4 Å². The van der Waals surface area contributed by atoms with Crippen molar-refractivity contribution in [2.45, 2.75) is 70.1 Å². The van der Waals surface area contributed by atoms with Crippen LogP contribution in [0.5, 0.6) is 0 Å². The lowest BCUT2D eigenvalue weighted by molar-refractivity contribution is -0.134. The van der Waals surface area contributed by atoms with E-state index in [9.17, 15) is 13.2 Å². The van der Waals surface area contributed by atoms with E-state index >= 15 is 0 Å². The van der Waals surface area contributed by atoms with Crippen molar-refractivity contribution < 1.29 is 13.2 Å². The minimum atomic E-state index is -3.66. The van der Waals surface area contributed by atoms with E-state index in [4.69, 9.17) is 11.6 Å². The zero-order chi connectivity index (χ0) is 24.7. The summed E-state index contributed by atoms with van der Waals surface area (Å²) in [5, 5.41) is 4.20. The SMILES string of the molecule is Cc1cc(S(=O)(=O)N2CCC3(CC2)NC(CC(C)C)C(=O)N3Cc2ccccc2)c(C)cc1Cl. The Morgan fingerprint density at radius 1 is 1.09 bits per heavy atom. The molecule has 2 aromatic carbocycles. The number of carbonyl (C=O) groups is 1. The summed E-state index contributed by atoms with van der Waals surface area (Å²) in [6.07, 6.45) is 1.85. The monoisotopic (exact) mass is 503 g/mol. The standard InChI is InChI=1S/C26H34ClN3O3S/c1-18(2)14-23-25(31)30(17-21-8-6-5-7-9-21)26(28-23)10-12-29(13-11-26)34(32,33)24-16-19(3)22(27)15-20(24)4/h5-9,15-16,18,23,28H,10-14,17H2,1-4H3. The van der Waals surface area contributed by atoms with Gasteiger partial charge in [-0.3, -0.25) is 10.1 Å². The fourth-order valence-corrected chi connectivity index (χ4v) is 7.12. The summed E-state index contributed by atoms with van der Waals surface area (Å²) in [5.74, 6) is 0.491. The zero-order valence-electron chi connectivity index (χ0n) is 20.3. The number of hydrogen-bond acceptors (Lipinski definition) is 4. The smallest absolute Gasteiger partial charge is 0.243 e. The Morgan fingerprint density at radius 2 is 1.74 bits per heavy atom. The molecule has 2 fully saturated rings. The van der Waals surface area contributed by atoms with Crippen molar-refractivity contribution in [3.05, 3.63) is 64.2 Å². The maximum Gasteiger partial charge on any atom is 0.243 e. The van der Waals surface area contributed by atoms with Gasteiger partial charge < -0.3 is 4.90 Å². The lowest BCUT2D eigenvalue weighted by Crippen LogP contribution is -2.59. The van der Waals surface area contributed by atoms with E-state index in [-0.39, 0.29) is 11.9 Å². The Balaban J connectivity index is 1.58. The molecule has 2 aliphatic heterocycles. The molecule has 0 aliphatic carbocycles. The first-order chi connectivity index (χ1) is 16.0. The molecule has 1 N–H and O–H groups in total. The topological polar surface area (TPSA) is 69.7 Å². The molecular formula is C26H34ClN3O3S. The van der Waals surface area contributed by atoms with Gasteiger partial charge in [0.25, 0.3) is 0 Å². The van der Waals surface area contributed by atoms with Crippen molar-refractivity contribution in [1.29, 1.82) is 0 Å². The Hall–Kier alpha value is -1.93. The minimum Gasteiger partial charge on any atom is -0.319 e. The number of aryl methyl sites for hydroxylation is 2. The van der Waals surface area contributed by atoms with Gasteiger partial charge in [-0.15, -0.1) is 0 Å². The molecular weight excluding hydrogens is 470 g/mol. The molecule has 0 saturated carbocycles. The summed E-state index contributed by atoms with van der Waals surface area (Å²) in [6.45, 7) is 9.05. The van der Waals surface area contributed by atoms with E-state index in [1.54, 1.807) is 23.4 Å². The number of piperidine rings is 1. The molecule has 2 aromatic rings. The number of amides is 1. The van der Waals surface area contributed by atoms with Gasteiger partial charge in [0.2, 0.25) is 15.9 Å². The van der Waals surface area contributed by atoms with Gasteiger partial charge in [-0.25, -0.2) is 8.42 Å². The van der Waals surface area contributed by atoms with Gasteiger partial charge in [0.15, 0.2) is 0 Å². The number of nitrogens with one attached hydrogen (secondary N) is 1. The molecule has 4 rings (SSSR count). The third kappa shape index (κ3) is 4.76. The van der Waals surface area contributed by atoms with Crippen LogP contribution in [0.25, 0.3) is 0 Å². The second kappa shape index (κ2) is 9.61. The highest BCUT2D eigenvalue weighted by Crippen LogP contribution is 2.37. The maximum absolute atomic E-state index is 13.5. The fraction of sp³-hybridized carbons (Fsp3) is 0.500. The Labute approximate surface area is 208 Å². The van der Waals surface area contributed by atoms with Crippen molar-refractivity contribution in [3.63, 3.8) is 0 Å². The van der Waals surface area contributed by atoms with Crippen LogP contribution in [-0.4, -0.2) is 48.3 Å². The number of hydrogen-bond donors (Lipinski definition) is 1. The molecule has 2 saturated heterocycles. The summed E-state index contributed by atoms with van der Waals surface area (Å²) in [5.41, 5.74) is 1.92. The summed E-state index contributed by atoms with van der Waals surface area (Å²) in [4.78, 5) is 15.7. The van der Waals surface area contributed by atoms with Gasteiger partial charge in [0.05, 0.1) is 16.6 Å². The van der Waals surface area contributed by atoms with Crippen LogP contribution >= 0.6 is 11.6 Å². The molecule has 0 radical (unpaired) electrons. The number of benzene rings is 2. The van der Waals surface area contributed by atoms with Crippen molar-refractivity contribution in [3.8, 4) is 0 Å². The second-order valence-electron chi connectivity index (χ2n) is 10.0. The molecule has 184 valence electrons. The molecule has 2 aliphatic rings. The van der Waals surface area contributed by atoms with Crippen LogP contribution in [0.3, 0.4) is 0 Å². The van der Waals surface area contributed by atoms with Gasteiger partial charge in [-0.2, -0.15) is 4.31 Å². The van der Waals surface area contributed by atoms with Gasteiger partial charge in [-0.1, -0.05) is 55.8 Å². The van der Waals surface area contributed by atoms with Crippen LogP contribution in [0.1, 0.15) is 49.8 Å². The predicted octanol–water partition coefficient (Wildman–Crippen LogP) is 4.48.